The lowest BCUT2D eigenvalue weighted by Crippen LogP contribution is -2.43. The van der Waals surface area contributed by atoms with E-state index < -0.39 is 11.5 Å². The molecule has 0 spiro atoms. The Hall–Kier alpha value is -3.94. The van der Waals surface area contributed by atoms with E-state index in [4.69, 9.17) is 9.47 Å². The zero-order chi connectivity index (χ0) is 26.3. The molecule has 0 saturated carbocycles. The van der Waals surface area contributed by atoms with E-state index >= 15 is 0 Å². The lowest BCUT2D eigenvalue weighted by Gasteiger charge is -2.27. The van der Waals surface area contributed by atoms with Crippen LogP contribution < -0.4 is 14.9 Å². The van der Waals surface area contributed by atoms with Gasteiger partial charge in [0.15, 0.2) is 17.1 Å². The molecule has 6 nitrogen and oxygen atoms in total. The van der Waals surface area contributed by atoms with Crippen LogP contribution in [0.5, 0.6) is 11.5 Å². The quantitative estimate of drug-likeness (QED) is 0.203. The third-order valence-electron chi connectivity index (χ3n) is 5.84. The summed E-state index contributed by atoms with van der Waals surface area (Å²) < 4.78 is 12.2. The fourth-order valence-electron chi connectivity index (χ4n) is 3.91. The molecule has 0 radical (unpaired) electrons. The van der Waals surface area contributed by atoms with E-state index in [-0.39, 0.29) is 0 Å². The number of carbonyl (C=O) groups is 1. The van der Waals surface area contributed by atoms with E-state index in [1.54, 1.807) is 67.8 Å². The summed E-state index contributed by atoms with van der Waals surface area (Å²) in [4.78, 5) is 13.2. The van der Waals surface area contributed by atoms with Crippen LogP contribution >= 0.6 is 15.9 Å². The molecule has 7 heteroatoms. The van der Waals surface area contributed by atoms with Gasteiger partial charge in [-0.2, -0.15) is 5.10 Å². The van der Waals surface area contributed by atoms with Gasteiger partial charge in [-0.05, 0) is 51.7 Å². The average Bonchev–Trinajstić information content (AvgIpc) is 2.93. The van der Waals surface area contributed by atoms with Crippen molar-refractivity contribution in [1.29, 1.82) is 0 Å². The van der Waals surface area contributed by atoms with Crippen molar-refractivity contribution in [3.63, 3.8) is 0 Å². The van der Waals surface area contributed by atoms with Gasteiger partial charge in [-0.25, -0.2) is 5.43 Å². The fourth-order valence-corrected chi connectivity index (χ4v) is 4.34. The van der Waals surface area contributed by atoms with Crippen LogP contribution in [0, 0.1) is 6.92 Å². The highest BCUT2D eigenvalue weighted by atomic mass is 79.9. The zero-order valence-electron chi connectivity index (χ0n) is 20.5. The molecule has 0 aliphatic heterocycles. The molecule has 4 aromatic rings. The van der Waals surface area contributed by atoms with Crippen LogP contribution in [0.4, 0.5) is 0 Å². The number of benzene rings is 4. The van der Waals surface area contributed by atoms with E-state index in [1.807, 2.05) is 37.3 Å². The van der Waals surface area contributed by atoms with Gasteiger partial charge in [-0.3, -0.25) is 4.79 Å². The van der Waals surface area contributed by atoms with Gasteiger partial charge >= 0.3 is 0 Å². The highest BCUT2D eigenvalue weighted by Gasteiger charge is 2.39. The van der Waals surface area contributed by atoms with Gasteiger partial charge in [0.25, 0.3) is 5.91 Å². The predicted octanol–water partition coefficient (Wildman–Crippen LogP) is 5.73. The second-order valence-electron chi connectivity index (χ2n) is 8.44. The number of aliphatic hydroxyl groups is 1. The molecule has 0 atom stereocenters. The number of hydrogen-bond acceptors (Lipinski definition) is 5. The molecule has 0 bridgehead atoms. The monoisotopic (exact) mass is 558 g/mol. The number of methoxy groups -OCH3 is 1. The van der Waals surface area contributed by atoms with Gasteiger partial charge in [-0.15, -0.1) is 0 Å². The van der Waals surface area contributed by atoms with E-state index in [0.717, 1.165) is 11.1 Å². The van der Waals surface area contributed by atoms with Gasteiger partial charge in [0.05, 0.1) is 13.3 Å². The summed E-state index contributed by atoms with van der Waals surface area (Å²) in [5, 5.41) is 15.6. The van der Waals surface area contributed by atoms with Crippen LogP contribution in [0.25, 0.3) is 0 Å². The third kappa shape index (κ3) is 6.07. The Labute approximate surface area is 224 Å². The molecule has 0 aliphatic rings. The van der Waals surface area contributed by atoms with Crippen molar-refractivity contribution >= 4 is 28.1 Å². The van der Waals surface area contributed by atoms with E-state index in [2.05, 4.69) is 32.5 Å². The topological polar surface area (TPSA) is 80.2 Å². The van der Waals surface area contributed by atoms with Gasteiger partial charge in [-0.1, -0.05) is 90.5 Å². The number of hydrazone groups is 1. The van der Waals surface area contributed by atoms with E-state index in [9.17, 15) is 9.90 Å². The van der Waals surface area contributed by atoms with Crippen molar-refractivity contribution < 1.29 is 19.4 Å². The van der Waals surface area contributed by atoms with Gasteiger partial charge in [0.1, 0.15) is 6.61 Å². The molecule has 0 saturated heterocycles. The number of rotatable bonds is 9. The standard InChI is InChI=1S/C30H27BrN2O4/c1-21-10-9-11-22(16-21)20-37-28-18-26(31)23(17-27(28)36-2)19-32-33-29(34)30(35,24-12-5-3-6-13-24)25-14-7-4-8-15-25/h3-19,35H,20H2,1-2H3,(H,33,34)/b32-19-. The maximum Gasteiger partial charge on any atom is 0.281 e. The van der Waals surface area contributed by atoms with Crippen LogP contribution in [0.3, 0.4) is 0 Å². The normalized spacial score (nSPS) is 11.4. The summed E-state index contributed by atoms with van der Waals surface area (Å²) in [6, 6.07) is 29.2. The first-order chi connectivity index (χ1) is 17.9. The van der Waals surface area contributed by atoms with Crippen LogP contribution in [0.1, 0.15) is 27.8 Å². The molecule has 0 heterocycles. The van der Waals surface area contributed by atoms with Crippen LogP contribution in [0.2, 0.25) is 0 Å². The minimum absolute atomic E-state index is 0.394. The van der Waals surface area contributed by atoms with Crippen molar-refractivity contribution in [2.24, 2.45) is 5.10 Å². The first-order valence-corrected chi connectivity index (χ1v) is 12.4. The number of nitrogens with one attached hydrogen (secondary N) is 1. The van der Waals surface area contributed by atoms with Gasteiger partial charge in [0.2, 0.25) is 0 Å². The SMILES string of the molecule is COc1cc(/C=N\NC(=O)C(O)(c2ccccc2)c2ccccc2)c(Br)cc1OCc1cccc(C)c1. The number of hydrogen-bond donors (Lipinski definition) is 2. The van der Waals surface area contributed by atoms with Crippen LogP contribution in [0.15, 0.2) is 107 Å². The van der Waals surface area contributed by atoms with Crippen molar-refractivity contribution in [2.75, 3.05) is 7.11 Å². The van der Waals surface area contributed by atoms with Crippen molar-refractivity contribution in [3.8, 4) is 11.5 Å². The van der Waals surface area contributed by atoms with Gasteiger partial charge in [0, 0.05) is 10.0 Å². The highest BCUT2D eigenvalue weighted by Crippen LogP contribution is 2.34. The Balaban J connectivity index is 1.53. The lowest BCUT2D eigenvalue weighted by molar-refractivity contribution is -0.136. The van der Waals surface area contributed by atoms with Crippen molar-refractivity contribution in [1.82, 2.24) is 5.43 Å². The molecule has 2 N–H and O–H groups in total. The predicted molar refractivity (Wildman–Crippen MR) is 148 cm³/mol. The smallest absolute Gasteiger partial charge is 0.281 e. The number of halogens is 1. The summed E-state index contributed by atoms with van der Waals surface area (Å²) >= 11 is 3.54. The summed E-state index contributed by atoms with van der Waals surface area (Å²) in [5.41, 5.74) is 4.32. The molecule has 0 unspecified atom stereocenters. The molecule has 37 heavy (non-hydrogen) atoms. The molecule has 0 aromatic heterocycles. The number of ether oxygens (including phenoxy) is 2. The molecular weight excluding hydrogens is 532 g/mol. The summed E-state index contributed by atoms with van der Waals surface area (Å²) in [5.74, 6) is 0.413. The molecule has 4 rings (SSSR count). The van der Waals surface area contributed by atoms with Crippen molar-refractivity contribution in [2.45, 2.75) is 19.1 Å². The second kappa shape index (κ2) is 11.9. The molecule has 0 fully saturated rings. The number of nitrogens with zero attached hydrogens (tertiary/aromatic N) is 1. The first-order valence-electron chi connectivity index (χ1n) is 11.6. The lowest BCUT2D eigenvalue weighted by atomic mass is 9.85. The number of amides is 1. The Morgan fingerprint density at radius 2 is 1.59 bits per heavy atom. The Morgan fingerprint density at radius 3 is 2.19 bits per heavy atom. The molecule has 1 amide bonds. The molecule has 0 aliphatic carbocycles. The maximum absolute atomic E-state index is 13.2. The molecule has 4 aromatic carbocycles. The molecule has 188 valence electrons. The fraction of sp³-hybridized carbons (Fsp3) is 0.133. The third-order valence-corrected chi connectivity index (χ3v) is 6.53. The zero-order valence-corrected chi connectivity index (χ0v) is 22.1. The second-order valence-corrected chi connectivity index (χ2v) is 9.30. The first kappa shape index (κ1) is 26.1. The number of carbonyl (C=O) groups excluding carboxylic acids is 1. The highest BCUT2D eigenvalue weighted by molar-refractivity contribution is 9.10. The number of aryl methyl sites for hydroxylation is 1. The minimum Gasteiger partial charge on any atom is -0.493 e. The maximum atomic E-state index is 13.2. The van der Waals surface area contributed by atoms with E-state index in [0.29, 0.717) is 39.3 Å². The summed E-state index contributed by atoms with van der Waals surface area (Å²) in [6.07, 6.45) is 1.48. The Morgan fingerprint density at radius 1 is 0.946 bits per heavy atom. The van der Waals surface area contributed by atoms with E-state index in [1.165, 1.54) is 6.21 Å². The van der Waals surface area contributed by atoms with Crippen molar-refractivity contribution in [3.05, 3.63) is 129 Å². The summed E-state index contributed by atoms with van der Waals surface area (Å²) in [6.45, 7) is 2.43. The van der Waals surface area contributed by atoms with Gasteiger partial charge < -0.3 is 14.6 Å². The molecular formula is C30H27BrN2O4. The minimum atomic E-state index is -1.91. The average molecular weight is 559 g/mol. The van der Waals surface area contributed by atoms with Crippen LogP contribution in [-0.2, 0) is 17.0 Å². The largest absolute Gasteiger partial charge is 0.493 e. The Bertz CT molecular complexity index is 1350. The Kier molecular flexibility index (Phi) is 8.38. The van der Waals surface area contributed by atoms with Crippen LogP contribution in [-0.4, -0.2) is 24.3 Å². The summed E-state index contributed by atoms with van der Waals surface area (Å²) in [7, 11) is 1.56.